The van der Waals surface area contributed by atoms with Crippen molar-refractivity contribution in [1.29, 1.82) is 0 Å². The SMILES string of the molecule is COc1cccc(OCCOCCN2CCCC2)c1. The fourth-order valence-corrected chi connectivity index (χ4v) is 2.21. The van der Waals surface area contributed by atoms with E-state index in [0.29, 0.717) is 13.2 Å². The summed E-state index contributed by atoms with van der Waals surface area (Å²) in [4.78, 5) is 2.45. The number of methoxy groups -OCH3 is 1. The maximum Gasteiger partial charge on any atom is 0.123 e. The normalized spacial score (nSPS) is 15.6. The van der Waals surface area contributed by atoms with Gasteiger partial charge in [0.1, 0.15) is 18.1 Å². The first-order chi connectivity index (χ1) is 9.38. The molecule has 106 valence electrons. The summed E-state index contributed by atoms with van der Waals surface area (Å²) in [6, 6.07) is 7.62. The Morgan fingerprint density at radius 3 is 2.63 bits per heavy atom. The second-order valence-corrected chi connectivity index (χ2v) is 4.69. The van der Waals surface area contributed by atoms with Gasteiger partial charge in [-0.1, -0.05) is 6.07 Å². The Kier molecular flexibility index (Phi) is 5.98. The van der Waals surface area contributed by atoms with Gasteiger partial charge in [0.05, 0.1) is 20.3 Å². The summed E-state index contributed by atoms with van der Waals surface area (Å²) in [5.74, 6) is 1.63. The van der Waals surface area contributed by atoms with Gasteiger partial charge in [-0.25, -0.2) is 0 Å². The lowest BCUT2D eigenvalue weighted by atomic mass is 10.3. The van der Waals surface area contributed by atoms with Crippen LogP contribution in [0.3, 0.4) is 0 Å². The predicted molar refractivity (Wildman–Crippen MR) is 75.0 cm³/mol. The lowest BCUT2D eigenvalue weighted by molar-refractivity contribution is 0.0845. The summed E-state index contributed by atoms with van der Waals surface area (Å²) in [6.45, 7) is 5.49. The van der Waals surface area contributed by atoms with E-state index in [9.17, 15) is 0 Å². The minimum Gasteiger partial charge on any atom is -0.497 e. The van der Waals surface area contributed by atoms with E-state index in [-0.39, 0.29) is 0 Å². The van der Waals surface area contributed by atoms with Crippen molar-refractivity contribution in [1.82, 2.24) is 4.90 Å². The second kappa shape index (κ2) is 8.02. The Morgan fingerprint density at radius 2 is 1.84 bits per heavy atom. The molecule has 4 nitrogen and oxygen atoms in total. The van der Waals surface area contributed by atoms with Crippen LogP contribution in [0.1, 0.15) is 12.8 Å². The molecule has 0 radical (unpaired) electrons. The van der Waals surface area contributed by atoms with Crippen molar-refractivity contribution in [2.45, 2.75) is 12.8 Å². The van der Waals surface area contributed by atoms with Crippen LogP contribution in [0.2, 0.25) is 0 Å². The third-order valence-corrected chi connectivity index (χ3v) is 3.29. The number of hydrogen-bond donors (Lipinski definition) is 0. The molecule has 1 fully saturated rings. The molecule has 0 spiro atoms. The van der Waals surface area contributed by atoms with Crippen molar-refractivity contribution >= 4 is 0 Å². The Hall–Kier alpha value is -1.26. The van der Waals surface area contributed by atoms with E-state index < -0.39 is 0 Å². The molecule has 0 N–H and O–H groups in total. The highest BCUT2D eigenvalue weighted by Gasteiger charge is 2.10. The summed E-state index contributed by atoms with van der Waals surface area (Å²) in [5, 5.41) is 0. The van der Waals surface area contributed by atoms with Gasteiger partial charge in [-0.15, -0.1) is 0 Å². The van der Waals surface area contributed by atoms with Crippen LogP contribution in [0, 0.1) is 0 Å². The van der Waals surface area contributed by atoms with Crippen molar-refractivity contribution in [3.63, 3.8) is 0 Å². The molecule has 0 saturated carbocycles. The molecule has 1 aromatic rings. The topological polar surface area (TPSA) is 30.9 Å². The average molecular weight is 265 g/mol. The smallest absolute Gasteiger partial charge is 0.123 e. The highest BCUT2D eigenvalue weighted by Crippen LogP contribution is 2.18. The highest BCUT2D eigenvalue weighted by atomic mass is 16.5. The first-order valence-electron chi connectivity index (χ1n) is 6.95. The van der Waals surface area contributed by atoms with Crippen molar-refractivity contribution in [2.75, 3.05) is 46.6 Å². The first-order valence-corrected chi connectivity index (χ1v) is 6.95. The van der Waals surface area contributed by atoms with E-state index in [1.54, 1.807) is 7.11 Å². The lowest BCUT2D eigenvalue weighted by Gasteiger charge is -2.14. The summed E-state index contributed by atoms with van der Waals surface area (Å²) in [6.07, 6.45) is 2.66. The number of ether oxygens (including phenoxy) is 3. The predicted octanol–water partition coefficient (Wildman–Crippen LogP) is 2.19. The van der Waals surface area contributed by atoms with Gasteiger partial charge >= 0.3 is 0 Å². The van der Waals surface area contributed by atoms with Crippen molar-refractivity contribution in [3.05, 3.63) is 24.3 Å². The molecule has 0 unspecified atom stereocenters. The van der Waals surface area contributed by atoms with Gasteiger partial charge in [0.25, 0.3) is 0 Å². The molecule has 1 aliphatic rings. The van der Waals surface area contributed by atoms with Crippen LogP contribution in [-0.2, 0) is 4.74 Å². The number of benzene rings is 1. The fraction of sp³-hybridized carbons (Fsp3) is 0.600. The van der Waals surface area contributed by atoms with Gasteiger partial charge in [-0.05, 0) is 38.1 Å². The number of likely N-dealkylation sites (tertiary alicyclic amines) is 1. The Bertz CT molecular complexity index is 364. The Labute approximate surface area is 115 Å². The molecule has 1 aromatic carbocycles. The Balaban J connectivity index is 1.53. The molecule has 0 aliphatic carbocycles. The first kappa shape index (κ1) is 14.2. The third kappa shape index (κ3) is 5.09. The monoisotopic (exact) mass is 265 g/mol. The summed E-state index contributed by atoms with van der Waals surface area (Å²) >= 11 is 0. The molecule has 1 heterocycles. The molecule has 0 atom stereocenters. The minimum atomic E-state index is 0.577. The maximum absolute atomic E-state index is 5.60. The molecule has 0 aromatic heterocycles. The quantitative estimate of drug-likeness (QED) is 0.674. The van der Waals surface area contributed by atoms with E-state index in [1.807, 2.05) is 24.3 Å². The van der Waals surface area contributed by atoms with E-state index in [0.717, 1.165) is 24.7 Å². The van der Waals surface area contributed by atoms with Gasteiger partial charge in [0, 0.05) is 12.6 Å². The van der Waals surface area contributed by atoms with Crippen LogP contribution in [0.5, 0.6) is 11.5 Å². The molecule has 19 heavy (non-hydrogen) atoms. The molecule has 0 amide bonds. The van der Waals surface area contributed by atoms with Gasteiger partial charge < -0.3 is 19.1 Å². The molecule has 2 rings (SSSR count). The number of nitrogens with zero attached hydrogens (tertiary/aromatic N) is 1. The summed E-state index contributed by atoms with van der Waals surface area (Å²) in [7, 11) is 1.65. The number of rotatable bonds is 8. The van der Waals surface area contributed by atoms with Crippen LogP contribution >= 0.6 is 0 Å². The molecular weight excluding hydrogens is 242 g/mol. The van der Waals surface area contributed by atoms with Crippen LogP contribution in [0.4, 0.5) is 0 Å². The lowest BCUT2D eigenvalue weighted by Crippen LogP contribution is -2.24. The van der Waals surface area contributed by atoms with Crippen LogP contribution < -0.4 is 9.47 Å². The van der Waals surface area contributed by atoms with Crippen molar-refractivity contribution in [3.8, 4) is 11.5 Å². The largest absolute Gasteiger partial charge is 0.497 e. The van der Waals surface area contributed by atoms with Crippen molar-refractivity contribution < 1.29 is 14.2 Å². The molecule has 4 heteroatoms. The van der Waals surface area contributed by atoms with E-state index in [4.69, 9.17) is 14.2 Å². The molecule has 0 bridgehead atoms. The standard InChI is InChI=1S/C15H23NO3/c1-17-14-5-4-6-15(13-14)19-12-11-18-10-9-16-7-2-3-8-16/h4-6,13H,2-3,7-12H2,1H3. The molecular formula is C15H23NO3. The zero-order chi connectivity index (χ0) is 13.3. The average Bonchev–Trinajstić information content (AvgIpc) is 2.96. The van der Waals surface area contributed by atoms with Crippen molar-refractivity contribution in [2.24, 2.45) is 0 Å². The van der Waals surface area contributed by atoms with Crippen LogP contribution in [-0.4, -0.2) is 51.5 Å². The molecule has 1 saturated heterocycles. The van der Waals surface area contributed by atoms with Crippen LogP contribution in [0.15, 0.2) is 24.3 Å². The highest BCUT2D eigenvalue weighted by molar-refractivity contribution is 5.32. The molecule has 1 aliphatic heterocycles. The van der Waals surface area contributed by atoms with Crippen LogP contribution in [0.25, 0.3) is 0 Å². The summed E-state index contributed by atoms with van der Waals surface area (Å²) < 4.78 is 16.3. The second-order valence-electron chi connectivity index (χ2n) is 4.69. The third-order valence-electron chi connectivity index (χ3n) is 3.29. The zero-order valence-corrected chi connectivity index (χ0v) is 11.6. The Morgan fingerprint density at radius 1 is 1.05 bits per heavy atom. The van der Waals surface area contributed by atoms with Gasteiger partial charge in [-0.2, -0.15) is 0 Å². The minimum absolute atomic E-state index is 0.577. The van der Waals surface area contributed by atoms with E-state index in [2.05, 4.69) is 4.90 Å². The maximum atomic E-state index is 5.60. The summed E-state index contributed by atoms with van der Waals surface area (Å²) in [5.41, 5.74) is 0. The van der Waals surface area contributed by atoms with Gasteiger partial charge in [0.2, 0.25) is 0 Å². The number of hydrogen-bond acceptors (Lipinski definition) is 4. The zero-order valence-electron chi connectivity index (χ0n) is 11.6. The van der Waals surface area contributed by atoms with Gasteiger partial charge in [-0.3, -0.25) is 0 Å². The fourth-order valence-electron chi connectivity index (χ4n) is 2.21. The van der Waals surface area contributed by atoms with E-state index in [1.165, 1.54) is 25.9 Å². The van der Waals surface area contributed by atoms with Gasteiger partial charge in [0.15, 0.2) is 0 Å². The van der Waals surface area contributed by atoms with E-state index >= 15 is 0 Å².